The molecule has 0 aliphatic rings. The first-order chi connectivity index (χ1) is 14.8. The van der Waals surface area contributed by atoms with Crippen molar-refractivity contribution < 1.29 is 13.9 Å². The minimum atomic E-state index is -0.602. The standard InChI is InChI=1S/C24H24FN3O2S/c1-14-6-5-7-21(15(14)2)30-17(4)23(29)26-12-22-16(3)28-13-20(27-24(28)31-22)18-8-10-19(25)11-9-18/h5-11,13,17H,12H2,1-4H3,(H,26,29). The number of carbonyl (C=O) groups is 1. The molecule has 2 heterocycles. The maximum Gasteiger partial charge on any atom is 0.261 e. The smallest absolute Gasteiger partial charge is 0.261 e. The lowest BCUT2D eigenvalue weighted by Crippen LogP contribution is -2.36. The average molecular weight is 438 g/mol. The Morgan fingerprint density at radius 1 is 1.19 bits per heavy atom. The van der Waals surface area contributed by atoms with Crippen LogP contribution in [-0.4, -0.2) is 21.4 Å². The number of hydrogen-bond donors (Lipinski definition) is 1. The second-order valence-electron chi connectivity index (χ2n) is 7.57. The third-order valence-electron chi connectivity index (χ3n) is 5.44. The molecule has 2 aromatic carbocycles. The molecule has 5 nitrogen and oxygen atoms in total. The fourth-order valence-corrected chi connectivity index (χ4v) is 4.37. The molecular formula is C24H24FN3O2S. The van der Waals surface area contributed by atoms with Gasteiger partial charge in [-0.1, -0.05) is 23.5 Å². The number of aromatic nitrogens is 2. The van der Waals surface area contributed by atoms with Crippen LogP contribution >= 0.6 is 11.3 Å². The van der Waals surface area contributed by atoms with E-state index in [4.69, 9.17) is 4.74 Å². The summed E-state index contributed by atoms with van der Waals surface area (Å²) in [5.41, 5.74) is 4.84. The Kier molecular flexibility index (Phi) is 5.78. The predicted octanol–water partition coefficient (Wildman–Crippen LogP) is 5.21. The molecule has 1 unspecified atom stereocenters. The van der Waals surface area contributed by atoms with Crippen molar-refractivity contribution in [2.45, 2.75) is 40.3 Å². The fraction of sp³-hybridized carbons (Fsp3) is 0.250. The van der Waals surface area contributed by atoms with Crippen molar-refractivity contribution in [2.75, 3.05) is 0 Å². The minimum absolute atomic E-state index is 0.168. The van der Waals surface area contributed by atoms with Gasteiger partial charge in [0, 0.05) is 22.3 Å². The van der Waals surface area contributed by atoms with Gasteiger partial charge in [-0.3, -0.25) is 9.20 Å². The first kappa shape index (κ1) is 21.1. The van der Waals surface area contributed by atoms with Gasteiger partial charge in [0.1, 0.15) is 11.6 Å². The molecule has 0 saturated heterocycles. The third kappa shape index (κ3) is 4.32. The summed E-state index contributed by atoms with van der Waals surface area (Å²) >= 11 is 1.53. The number of rotatable bonds is 6. The Morgan fingerprint density at radius 3 is 2.65 bits per heavy atom. The van der Waals surface area contributed by atoms with Gasteiger partial charge >= 0.3 is 0 Å². The highest BCUT2D eigenvalue weighted by Crippen LogP contribution is 2.27. The fourth-order valence-electron chi connectivity index (χ4n) is 3.32. The van der Waals surface area contributed by atoms with Gasteiger partial charge < -0.3 is 10.1 Å². The van der Waals surface area contributed by atoms with Crippen LogP contribution in [0.5, 0.6) is 5.75 Å². The van der Waals surface area contributed by atoms with Crippen LogP contribution in [0.1, 0.15) is 28.6 Å². The molecule has 160 valence electrons. The zero-order chi connectivity index (χ0) is 22.1. The molecule has 0 aliphatic heterocycles. The van der Waals surface area contributed by atoms with E-state index in [1.54, 1.807) is 19.1 Å². The van der Waals surface area contributed by atoms with Crippen LogP contribution < -0.4 is 10.1 Å². The lowest BCUT2D eigenvalue weighted by Gasteiger charge is -2.17. The maximum absolute atomic E-state index is 13.2. The highest BCUT2D eigenvalue weighted by Gasteiger charge is 2.18. The molecule has 7 heteroatoms. The van der Waals surface area contributed by atoms with Gasteiger partial charge in [0.2, 0.25) is 0 Å². The number of nitrogens with one attached hydrogen (secondary N) is 1. The summed E-state index contributed by atoms with van der Waals surface area (Å²) in [5, 5.41) is 2.96. The summed E-state index contributed by atoms with van der Waals surface area (Å²) in [6.07, 6.45) is 1.33. The van der Waals surface area contributed by atoms with Crippen molar-refractivity contribution in [3.8, 4) is 17.0 Å². The Bertz CT molecular complexity index is 1240. The first-order valence-electron chi connectivity index (χ1n) is 10.1. The van der Waals surface area contributed by atoms with E-state index in [9.17, 15) is 9.18 Å². The maximum atomic E-state index is 13.2. The number of amides is 1. The van der Waals surface area contributed by atoms with Crippen molar-refractivity contribution in [3.05, 3.63) is 76.2 Å². The van der Waals surface area contributed by atoms with E-state index in [2.05, 4.69) is 10.3 Å². The van der Waals surface area contributed by atoms with Crippen LogP contribution in [0.2, 0.25) is 0 Å². The Hall–Kier alpha value is -3.19. The molecule has 0 radical (unpaired) electrons. The molecule has 0 spiro atoms. The number of aryl methyl sites for hydroxylation is 2. The van der Waals surface area contributed by atoms with Crippen LogP contribution in [0, 0.1) is 26.6 Å². The number of imidazole rings is 1. The van der Waals surface area contributed by atoms with E-state index in [0.29, 0.717) is 6.54 Å². The molecule has 31 heavy (non-hydrogen) atoms. The van der Waals surface area contributed by atoms with Crippen molar-refractivity contribution in [1.29, 1.82) is 0 Å². The second-order valence-corrected chi connectivity index (χ2v) is 8.63. The number of thiazole rings is 1. The monoisotopic (exact) mass is 437 g/mol. The van der Waals surface area contributed by atoms with Gasteiger partial charge in [-0.15, -0.1) is 0 Å². The first-order valence-corrected chi connectivity index (χ1v) is 10.9. The van der Waals surface area contributed by atoms with Crippen molar-refractivity contribution in [1.82, 2.24) is 14.7 Å². The number of fused-ring (bicyclic) bond motifs is 1. The molecule has 4 aromatic rings. The zero-order valence-electron chi connectivity index (χ0n) is 17.9. The molecular weight excluding hydrogens is 413 g/mol. The predicted molar refractivity (Wildman–Crippen MR) is 121 cm³/mol. The minimum Gasteiger partial charge on any atom is -0.481 e. The number of ether oxygens (including phenoxy) is 1. The molecule has 1 N–H and O–H groups in total. The van der Waals surface area contributed by atoms with E-state index < -0.39 is 6.10 Å². The lowest BCUT2D eigenvalue weighted by molar-refractivity contribution is -0.127. The number of carbonyl (C=O) groups excluding carboxylic acids is 1. The molecule has 0 fully saturated rings. The van der Waals surface area contributed by atoms with Crippen LogP contribution in [0.4, 0.5) is 4.39 Å². The largest absolute Gasteiger partial charge is 0.481 e. The van der Waals surface area contributed by atoms with Gasteiger partial charge in [-0.25, -0.2) is 9.37 Å². The highest BCUT2D eigenvalue weighted by molar-refractivity contribution is 7.17. The number of hydrogen-bond acceptors (Lipinski definition) is 4. The highest BCUT2D eigenvalue weighted by atomic mass is 32.1. The van der Waals surface area contributed by atoms with E-state index in [0.717, 1.165) is 43.7 Å². The van der Waals surface area contributed by atoms with Crippen molar-refractivity contribution in [3.63, 3.8) is 0 Å². The Morgan fingerprint density at radius 2 is 1.94 bits per heavy atom. The second kappa shape index (κ2) is 8.51. The van der Waals surface area contributed by atoms with E-state index in [-0.39, 0.29) is 11.7 Å². The molecule has 1 atom stereocenters. The van der Waals surface area contributed by atoms with Crippen molar-refractivity contribution >= 4 is 22.2 Å². The number of benzene rings is 2. The summed E-state index contributed by atoms with van der Waals surface area (Å²) in [6, 6.07) is 12.1. The third-order valence-corrected chi connectivity index (χ3v) is 6.60. The zero-order valence-corrected chi connectivity index (χ0v) is 18.7. The van der Waals surface area contributed by atoms with E-state index in [1.807, 2.05) is 49.6 Å². The molecule has 0 bridgehead atoms. The topological polar surface area (TPSA) is 55.6 Å². The van der Waals surface area contributed by atoms with Crippen LogP contribution in [0.15, 0.2) is 48.7 Å². The normalized spacial score (nSPS) is 12.2. The molecule has 1 amide bonds. The summed E-state index contributed by atoms with van der Waals surface area (Å²) in [5.74, 6) is 0.287. The van der Waals surface area contributed by atoms with Gasteiger partial charge in [-0.05, 0) is 69.2 Å². The molecule has 0 aliphatic carbocycles. The Balaban J connectivity index is 1.43. The summed E-state index contributed by atoms with van der Waals surface area (Å²) in [6.45, 7) is 8.16. The van der Waals surface area contributed by atoms with Gasteiger partial charge in [0.15, 0.2) is 11.1 Å². The van der Waals surface area contributed by atoms with Crippen LogP contribution in [0.25, 0.3) is 16.2 Å². The van der Waals surface area contributed by atoms with Gasteiger partial charge in [0.05, 0.1) is 12.2 Å². The van der Waals surface area contributed by atoms with Gasteiger partial charge in [0.25, 0.3) is 5.91 Å². The number of nitrogens with zero attached hydrogens (tertiary/aromatic N) is 2. The van der Waals surface area contributed by atoms with Crippen molar-refractivity contribution in [2.24, 2.45) is 0 Å². The summed E-state index contributed by atoms with van der Waals surface area (Å²) < 4.78 is 21.0. The molecule has 0 saturated carbocycles. The summed E-state index contributed by atoms with van der Waals surface area (Å²) in [7, 11) is 0. The van der Waals surface area contributed by atoms with Crippen LogP contribution in [-0.2, 0) is 11.3 Å². The number of halogens is 1. The lowest BCUT2D eigenvalue weighted by atomic mass is 10.1. The SMILES string of the molecule is Cc1cccc(OC(C)C(=O)NCc2sc3nc(-c4ccc(F)cc4)cn3c2C)c1C. The van der Waals surface area contributed by atoms with E-state index in [1.165, 1.54) is 23.5 Å². The van der Waals surface area contributed by atoms with Crippen LogP contribution in [0.3, 0.4) is 0 Å². The molecule has 4 rings (SSSR count). The molecule has 2 aromatic heterocycles. The average Bonchev–Trinajstić information content (AvgIpc) is 3.29. The van der Waals surface area contributed by atoms with E-state index >= 15 is 0 Å². The quantitative estimate of drug-likeness (QED) is 0.450. The van der Waals surface area contributed by atoms with Gasteiger partial charge in [-0.2, -0.15) is 0 Å². The Labute approximate surface area is 184 Å². The summed E-state index contributed by atoms with van der Waals surface area (Å²) in [4.78, 5) is 19.1.